The van der Waals surface area contributed by atoms with Crippen molar-refractivity contribution >= 4 is 24.2 Å². The number of benzene rings is 1. The molecule has 1 aliphatic heterocycles. The third-order valence-electron chi connectivity index (χ3n) is 4.12. The molecule has 0 aliphatic carbocycles. The lowest BCUT2D eigenvalue weighted by Crippen LogP contribution is -2.41. The molecule has 0 unspecified atom stereocenters. The maximum Gasteiger partial charge on any atom is 0.498 e. The topological polar surface area (TPSA) is 27.7 Å². The van der Waals surface area contributed by atoms with Gasteiger partial charge in [0.05, 0.1) is 22.8 Å². The van der Waals surface area contributed by atoms with E-state index in [1.807, 2.05) is 41.5 Å². The van der Waals surface area contributed by atoms with Gasteiger partial charge in [-0.1, -0.05) is 25.4 Å². The van der Waals surface area contributed by atoms with Gasteiger partial charge in [-0.05, 0) is 39.7 Å². The van der Waals surface area contributed by atoms with Gasteiger partial charge < -0.3 is 14.0 Å². The van der Waals surface area contributed by atoms with E-state index < -0.39 is 24.1 Å². The standard InChI is InChI=1S/C16H23BClFO3/c1-10(2)9-20-11-7-12(14(19)13(18)8-11)17-21-15(3,4)16(5,6)22-17/h7-8,10H,9H2,1-6H3. The van der Waals surface area contributed by atoms with Crippen LogP contribution in [0.1, 0.15) is 41.5 Å². The Morgan fingerprint density at radius 3 is 2.23 bits per heavy atom. The van der Waals surface area contributed by atoms with Crippen LogP contribution >= 0.6 is 11.6 Å². The van der Waals surface area contributed by atoms with Crippen molar-refractivity contribution in [1.29, 1.82) is 0 Å². The van der Waals surface area contributed by atoms with Gasteiger partial charge >= 0.3 is 7.12 Å². The van der Waals surface area contributed by atoms with Crippen LogP contribution in [0.25, 0.3) is 0 Å². The lowest BCUT2D eigenvalue weighted by molar-refractivity contribution is 0.00578. The molecule has 1 aromatic carbocycles. The number of hydrogen-bond donors (Lipinski definition) is 0. The molecule has 0 radical (unpaired) electrons. The Morgan fingerprint density at radius 2 is 1.73 bits per heavy atom. The van der Waals surface area contributed by atoms with E-state index in [2.05, 4.69) is 0 Å². The fourth-order valence-corrected chi connectivity index (χ4v) is 2.29. The number of ether oxygens (including phenoxy) is 1. The van der Waals surface area contributed by atoms with E-state index in [9.17, 15) is 4.39 Å². The van der Waals surface area contributed by atoms with Crippen LogP contribution in [-0.4, -0.2) is 24.9 Å². The Morgan fingerprint density at radius 1 is 1.18 bits per heavy atom. The van der Waals surface area contributed by atoms with Gasteiger partial charge in [0.1, 0.15) is 11.6 Å². The van der Waals surface area contributed by atoms with Gasteiger partial charge in [-0.15, -0.1) is 0 Å². The van der Waals surface area contributed by atoms with Crippen LogP contribution in [-0.2, 0) is 9.31 Å². The molecule has 0 atom stereocenters. The van der Waals surface area contributed by atoms with Crippen molar-refractivity contribution in [2.75, 3.05) is 6.61 Å². The third kappa shape index (κ3) is 3.42. The number of rotatable bonds is 4. The molecule has 22 heavy (non-hydrogen) atoms. The van der Waals surface area contributed by atoms with Gasteiger partial charge in [0.25, 0.3) is 0 Å². The summed E-state index contributed by atoms with van der Waals surface area (Å²) in [4.78, 5) is 0. The fraction of sp³-hybridized carbons (Fsp3) is 0.625. The third-order valence-corrected chi connectivity index (χ3v) is 4.40. The first-order chi connectivity index (χ1) is 10.0. The Balaban J connectivity index is 2.31. The summed E-state index contributed by atoms with van der Waals surface area (Å²) in [6, 6.07) is 3.08. The molecule has 0 amide bonds. The van der Waals surface area contributed by atoms with Gasteiger partial charge in [-0.2, -0.15) is 0 Å². The van der Waals surface area contributed by atoms with E-state index in [4.69, 9.17) is 25.6 Å². The number of halogens is 2. The summed E-state index contributed by atoms with van der Waals surface area (Å²) in [6.45, 7) is 12.3. The molecule has 1 aliphatic rings. The predicted octanol–water partition coefficient (Wildman–Crippen LogP) is 3.81. The van der Waals surface area contributed by atoms with Crippen molar-refractivity contribution in [3.05, 3.63) is 23.0 Å². The van der Waals surface area contributed by atoms with Crippen LogP contribution in [0.4, 0.5) is 4.39 Å². The van der Waals surface area contributed by atoms with Crippen molar-refractivity contribution in [3.8, 4) is 5.75 Å². The zero-order valence-corrected chi connectivity index (χ0v) is 14.8. The second kappa shape index (κ2) is 6.02. The highest BCUT2D eigenvalue weighted by molar-refractivity contribution is 6.62. The van der Waals surface area contributed by atoms with Gasteiger partial charge in [0.2, 0.25) is 0 Å². The van der Waals surface area contributed by atoms with Gasteiger partial charge in [-0.3, -0.25) is 0 Å². The molecule has 0 saturated carbocycles. The molecule has 0 bridgehead atoms. The second-order valence-electron chi connectivity index (χ2n) is 7.10. The molecule has 3 nitrogen and oxygen atoms in total. The van der Waals surface area contributed by atoms with Crippen LogP contribution in [0.3, 0.4) is 0 Å². The summed E-state index contributed by atoms with van der Waals surface area (Å²) in [7, 11) is -0.801. The van der Waals surface area contributed by atoms with Crippen molar-refractivity contribution in [3.63, 3.8) is 0 Å². The highest BCUT2D eigenvalue weighted by Gasteiger charge is 2.52. The maximum atomic E-state index is 14.4. The normalized spacial score (nSPS) is 19.8. The Kier molecular flexibility index (Phi) is 4.81. The average Bonchev–Trinajstić information content (AvgIpc) is 2.59. The molecule has 122 valence electrons. The molecule has 1 saturated heterocycles. The smallest absolute Gasteiger partial charge is 0.493 e. The fourth-order valence-electron chi connectivity index (χ4n) is 2.07. The minimum absolute atomic E-state index is 0.00553. The average molecular weight is 329 g/mol. The Hall–Kier alpha value is -0.775. The highest BCUT2D eigenvalue weighted by Crippen LogP contribution is 2.37. The van der Waals surface area contributed by atoms with Gasteiger partial charge in [-0.25, -0.2) is 4.39 Å². The Labute approximate surface area is 137 Å². The van der Waals surface area contributed by atoms with E-state index in [1.165, 1.54) is 6.07 Å². The van der Waals surface area contributed by atoms with Gasteiger partial charge in [0, 0.05) is 11.5 Å². The van der Waals surface area contributed by atoms with E-state index in [0.717, 1.165) is 0 Å². The van der Waals surface area contributed by atoms with E-state index in [1.54, 1.807) is 6.07 Å². The summed E-state index contributed by atoms with van der Waals surface area (Å²) in [5, 5.41) is 0.00553. The summed E-state index contributed by atoms with van der Waals surface area (Å²) < 4.78 is 31.8. The Bertz CT molecular complexity index is 545. The van der Waals surface area contributed by atoms with Crippen LogP contribution in [0.2, 0.25) is 5.02 Å². The van der Waals surface area contributed by atoms with Crippen LogP contribution in [0.5, 0.6) is 5.75 Å². The minimum Gasteiger partial charge on any atom is -0.493 e. The molecular weight excluding hydrogens is 305 g/mol. The monoisotopic (exact) mass is 328 g/mol. The highest BCUT2D eigenvalue weighted by atomic mass is 35.5. The lowest BCUT2D eigenvalue weighted by atomic mass is 9.78. The first kappa shape index (κ1) is 17.6. The van der Waals surface area contributed by atoms with E-state index in [0.29, 0.717) is 18.3 Å². The molecule has 0 N–H and O–H groups in total. The summed E-state index contributed by atoms with van der Waals surface area (Å²) in [5.74, 6) is 0.353. The van der Waals surface area contributed by atoms with Crippen molar-refractivity contribution < 1.29 is 18.4 Å². The molecule has 2 rings (SSSR count). The minimum atomic E-state index is -0.801. The molecule has 6 heteroatoms. The largest absolute Gasteiger partial charge is 0.498 e. The quantitative estimate of drug-likeness (QED) is 0.787. The summed E-state index contributed by atoms with van der Waals surface area (Å²) >= 11 is 5.99. The summed E-state index contributed by atoms with van der Waals surface area (Å²) in [5.41, 5.74) is -0.804. The maximum absolute atomic E-state index is 14.4. The van der Waals surface area contributed by atoms with Crippen molar-refractivity contribution in [1.82, 2.24) is 0 Å². The van der Waals surface area contributed by atoms with E-state index in [-0.39, 0.29) is 10.5 Å². The SMILES string of the molecule is CC(C)COc1cc(Cl)c(F)c(B2OC(C)(C)C(C)(C)O2)c1. The first-order valence-corrected chi connectivity index (χ1v) is 7.88. The molecule has 1 heterocycles. The van der Waals surface area contributed by atoms with Crippen LogP contribution < -0.4 is 10.2 Å². The number of hydrogen-bond acceptors (Lipinski definition) is 3. The second-order valence-corrected chi connectivity index (χ2v) is 7.51. The first-order valence-electron chi connectivity index (χ1n) is 7.51. The zero-order valence-electron chi connectivity index (χ0n) is 14.0. The summed E-state index contributed by atoms with van der Waals surface area (Å²) in [6.07, 6.45) is 0. The van der Waals surface area contributed by atoms with Crippen molar-refractivity contribution in [2.24, 2.45) is 5.92 Å². The molecule has 1 fully saturated rings. The van der Waals surface area contributed by atoms with E-state index >= 15 is 0 Å². The zero-order chi connectivity index (χ0) is 16.7. The molecule has 0 spiro atoms. The predicted molar refractivity (Wildman–Crippen MR) is 87.5 cm³/mol. The van der Waals surface area contributed by atoms with Crippen LogP contribution in [0, 0.1) is 11.7 Å². The lowest BCUT2D eigenvalue weighted by Gasteiger charge is -2.32. The van der Waals surface area contributed by atoms with Gasteiger partial charge in [0.15, 0.2) is 0 Å². The molecule has 1 aromatic rings. The molecule has 0 aromatic heterocycles. The van der Waals surface area contributed by atoms with Crippen LogP contribution in [0.15, 0.2) is 12.1 Å². The molecular formula is C16H23BClFO3. The van der Waals surface area contributed by atoms with Crippen molar-refractivity contribution in [2.45, 2.75) is 52.7 Å².